The molecular formula is C13H17F2N3O2. The molecule has 0 spiro atoms. The van der Waals surface area contributed by atoms with Crippen LogP contribution in [0.2, 0.25) is 0 Å². The number of morpholine rings is 1. The Morgan fingerprint density at radius 2 is 1.95 bits per heavy atom. The molecule has 0 N–H and O–H groups in total. The van der Waals surface area contributed by atoms with E-state index >= 15 is 0 Å². The molecule has 7 heteroatoms. The fourth-order valence-corrected chi connectivity index (χ4v) is 2.32. The maximum atomic E-state index is 12.7. The highest BCUT2D eigenvalue weighted by molar-refractivity contribution is 5.92. The summed E-state index contributed by atoms with van der Waals surface area (Å²) in [4.78, 5) is 21.5. The SMILES string of the molecule is Cc1nc(C(=O)N2CC(C)OC(C)C2)cc(C(F)F)n1. The fraction of sp³-hybridized carbons (Fsp3) is 0.615. The van der Waals surface area contributed by atoms with Crippen LogP contribution in [0.3, 0.4) is 0 Å². The Hall–Kier alpha value is -1.63. The van der Waals surface area contributed by atoms with Crippen molar-refractivity contribution in [2.45, 2.75) is 39.4 Å². The van der Waals surface area contributed by atoms with Crippen molar-refractivity contribution in [3.8, 4) is 0 Å². The fourth-order valence-electron chi connectivity index (χ4n) is 2.32. The van der Waals surface area contributed by atoms with Crippen molar-refractivity contribution < 1.29 is 18.3 Å². The van der Waals surface area contributed by atoms with Gasteiger partial charge in [0.2, 0.25) is 0 Å². The summed E-state index contributed by atoms with van der Waals surface area (Å²) in [6.07, 6.45) is -2.88. The van der Waals surface area contributed by atoms with Gasteiger partial charge >= 0.3 is 0 Å². The topological polar surface area (TPSA) is 55.3 Å². The molecule has 2 atom stereocenters. The quantitative estimate of drug-likeness (QED) is 0.833. The molecule has 110 valence electrons. The van der Waals surface area contributed by atoms with E-state index in [-0.39, 0.29) is 29.6 Å². The number of aryl methyl sites for hydroxylation is 1. The van der Waals surface area contributed by atoms with Gasteiger partial charge in [-0.2, -0.15) is 0 Å². The van der Waals surface area contributed by atoms with E-state index in [4.69, 9.17) is 4.74 Å². The van der Waals surface area contributed by atoms with Crippen LogP contribution in [-0.2, 0) is 4.74 Å². The summed E-state index contributed by atoms with van der Waals surface area (Å²) in [5, 5.41) is 0. The molecule has 2 heterocycles. The molecule has 20 heavy (non-hydrogen) atoms. The maximum absolute atomic E-state index is 12.7. The number of carbonyl (C=O) groups excluding carboxylic acids is 1. The molecule has 1 amide bonds. The first-order chi connectivity index (χ1) is 9.36. The van der Waals surface area contributed by atoms with E-state index in [0.29, 0.717) is 13.1 Å². The Morgan fingerprint density at radius 3 is 2.50 bits per heavy atom. The Balaban J connectivity index is 2.24. The predicted octanol–water partition coefficient (Wildman–Crippen LogP) is 1.97. The van der Waals surface area contributed by atoms with Crippen molar-refractivity contribution in [3.05, 3.63) is 23.3 Å². The van der Waals surface area contributed by atoms with Gasteiger partial charge in [-0.25, -0.2) is 18.7 Å². The van der Waals surface area contributed by atoms with Crippen molar-refractivity contribution in [2.24, 2.45) is 0 Å². The predicted molar refractivity (Wildman–Crippen MR) is 67.6 cm³/mol. The first kappa shape index (κ1) is 14.8. The summed E-state index contributed by atoms with van der Waals surface area (Å²) in [5.41, 5.74) is -0.413. The zero-order valence-electron chi connectivity index (χ0n) is 11.6. The molecule has 0 radical (unpaired) electrons. The van der Waals surface area contributed by atoms with Crippen molar-refractivity contribution in [1.82, 2.24) is 14.9 Å². The third-order valence-corrected chi connectivity index (χ3v) is 3.01. The number of hydrogen-bond donors (Lipinski definition) is 0. The lowest BCUT2D eigenvalue weighted by atomic mass is 10.2. The summed E-state index contributed by atoms with van der Waals surface area (Å²) in [6.45, 7) is 6.08. The van der Waals surface area contributed by atoms with Crippen LogP contribution < -0.4 is 0 Å². The molecule has 5 nitrogen and oxygen atoms in total. The number of carbonyl (C=O) groups is 1. The molecule has 0 aliphatic carbocycles. The minimum absolute atomic E-state index is 0.00843. The number of hydrogen-bond acceptors (Lipinski definition) is 4. The number of rotatable bonds is 2. The summed E-state index contributed by atoms with van der Waals surface area (Å²) >= 11 is 0. The van der Waals surface area contributed by atoms with Crippen molar-refractivity contribution in [1.29, 1.82) is 0 Å². The summed E-state index contributed by atoms with van der Waals surface area (Å²) in [6, 6.07) is 1.06. The number of halogens is 2. The summed E-state index contributed by atoms with van der Waals surface area (Å²) < 4.78 is 31.0. The minimum atomic E-state index is -2.72. The minimum Gasteiger partial charge on any atom is -0.372 e. The van der Waals surface area contributed by atoms with Gasteiger partial charge < -0.3 is 9.64 Å². The molecule has 2 rings (SSSR count). The lowest BCUT2D eigenvalue weighted by Gasteiger charge is -2.35. The first-order valence-corrected chi connectivity index (χ1v) is 6.45. The molecule has 1 aliphatic rings. The van der Waals surface area contributed by atoms with Crippen molar-refractivity contribution in [3.63, 3.8) is 0 Å². The van der Waals surface area contributed by atoms with Crippen molar-refractivity contribution >= 4 is 5.91 Å². The van der Waals surface area contributed by atoms with E-state index in [2.05, 4.69) is 9.97 Å². The van der Waals surface area contributed by atoms with E-state index < -0.39 is 12.1 Å². The molecule has 1 aliphatic heterocycles. The van der Waals surface area contributed by atoms with Gasteiger partial charge in [-0.1, -0.05) is 0 Å². The highest BCUT2D eigenvalue weighted by Gasteiger charge is 2.28. The number of aromatic nitrogens is 2. The second-order valence-corrected chi connectivity index (χ2v) is 4.99. The molecular weight excluding hydrogens is 268 g/mol. The maximum Gasteiger partial charge on any atom is 0.280 e. The first-order valence-electron chi connectivity index (χ1n) is 6.45. The molecule has 1 fully saturated rings. The Bertz CT molecular complexity index is 500. The van der Waals surface area contributed by atoms with Gasteiger partial charge in [0, 0.05) is 13.1 Å². The standard InChI is InChI=1S/C13H17F2N3O2/c1-7-5-18(6-8(2)20-7)13(19)11-4-10(12(14)15)16-9(3)17-11/h4,7-8,12H,5-6H2,1-3H3. The van der Waals surface area contributed by atoms with Crippen LogP contribution in [0.15, 0.2) is 6.07 Å². The monoisotopic (exact) mass is 285 g/mol. The number of amides is 1. The highest BCUT2D eigenvalue weighted by Crippen LogP contribution is 2.19. The second kappa shape index (κ2) is 5.78. The van der Waals surface area contributed by atoms with Crippen LogP contribution in [0, 0.1) is 6.92 Å². The number of alkyl halides is 2. The lowest BCUT2D eigenvalue weighted by molar-refractivity contribution is -0.0587. The summed E-state index contributed by atoms with van der Waals surface area (Å²) in [7, 11) is 0. The number of ether oxygens (including phenoxy) is 1. The molecule has 0 saturated carbocycles. The third kappa shape index (κ3) is 3.27. The van der Waals surface area contributed by atoms with Gasteiger partial charge in [0.25, 0.3) is 12.3 Å². The van der Waals surface area contributed by atoms with Gasteiger partial charge in [-0.05, 0) is 26.8 Å². The lowest BCUT2D eigenvalue weighted by Crippen LogP contribution is -2.48. The van der Waals surface area contributed by atoms with E-state index in [1.807, 2.05) is 13.8 Å². The Labute approximate surface area is 116 Å². The average Bonchev–Trinajstić information content (AvgIpc) is 2.35. The van der Waals surface area contributed by atoms with Gasteiger partial charge in [0.15, 0.2) is 0 Å². The Kier molecular flexibility index (Phi) is 4.27. The van der Waals surface area contributed by atoms with E-state index in [9.17, 15) is 13.6 Å². The van der Waals surface area contributed by atoms with Crippen LogP contribution in [0.5, 0.6) is 0 Å². The largest absolute Gasteiger partial charge is 0.372 e. The van der Waals surface area contributed by atoms with Gasteiger partial charge in [0.05, 0.1) is 12.2 Å². The third-order valence-electron chi connectivity index (χ3n) is 3.01. The zero-order chi connectivity index (χ0) is 14.9. The van der Waals surface area contributed by atoms with Crippen LogP contribution in [0.4, 0.5) is 8.78 Å². The van der Waals surface area contributed by atoms with Crippen LogP contribution in [-0.4, -0.2) is 46.1 Å². The van der Waals surface area contributed by atoms with Gasteiger partial charge in [-0.3, -0.25) is 4.79 Å². The molecule has 1 aromatic heterocycles. The van der Waals surface area contributed by atoms with Crippen LogP contribution in [0.25, 0.3) is 0 Å². The van der Waals surface area contributed by atoms with E-state index in [1.54, 1.807) is 4.90 Å². The number of nitrogens with zero attached hydrogens (tertiary/aromatic N) is 3. The molecule has 1 aromatic rings. The van der Waals surface area contributed by atoms with Crippen molar-refractivity contribution in [2.75, 3.05) is 13.1 Å². The smallest absolute Gasteiger partial charge is 0.280 e. The summed E-state index contributed by atoms with van der Waals surface area (Å²) in [5.74, 6) is -0.195. The van der Waals surface area contributed by atoms with Gasteiger partial charge in [-0.15, -0.1) is 0 Å². The molecule has 0 bridgehead atoms. The molecule has 1 saturated heterocycles. The zero-order valence-corrected chi connectivity index (χ0v) is 11.6. The van der Waals surface area contributed by atoms with Gasteiger partial charge in [0.1, 0.15) is 17.2 Å². The van der Waals surface area contributed by atoms with E-state index in [1.165, 1.54) is 6.92 Å². The highest BCUT2D eigenvalue weighted by atomic mass is 19.3. The average molecular weight is 285 g/mol. The normalized spacial score (nSPS) is 23.2. The van der Waals surface area contributed by atoms with Crippen LogP contribution >= 0.6 is 0 Å². The second-order valence-electron chi connectivity index (χ2n) is 4.99. The molecule has 2 unspecified atom stereocenters. The van der Waals surface area contributed by atoms with E-state index in [0.717, 1.165) is 6.07 Å². The molecule has 0 aromatic carbocycles. The Morgan fingerprint density at radius 1 is 1.35 bits per heavy atom. The van der Waals surface area contributed by atoms with Crippen LogP contribution in [0.1, 0.15) is 42.3 Å².